The van der Waals surface area contributed by atoms with Gasteiger partial charge in [0.25, 0.3) is 0 Å². The lowest BCUT2D eigenvalue weighted by molar-refractivity contribution is -0.297. The zero-order valence-electron chi connectivity index (χ0n) is 30.3. The number of hydrogen-bond donors (Lipinski definition) is 6. The van der Waals surface area contributed by atoms with Crippen molar-refractivity contribution in [1.29, 1.82) is 0 Å². The zero-order valence-corrected chi connectivity index (χ0v) is 31.9. The molecular formula is C34H56ClFN2O11S. The van der Waals surface area contributed by atoms with Crippen molar-refractivity contribution < 1.29 is 57.3 Å². The second kappa shape index (κ2) is 16.7. The highest BCUT2D eigenvalue weighted by Gasteiger charge is 2.50. The van der Waals surface area contributed by atoms with Crippen LogP contribution in [0.5, 0.6) is 0 Å². The topological polar surface area (TPSA) is 195 Å². The van der Waals surface area contributed by atoms with E-state index < -0.39 is 99.8 Å². The van der Waals surface area contributed by atoms with E-state index >= 15 is 0 Å². The normalized spacial score (nSPS) is 41.7. The number of esters is 1. The van der Waals surface area contributed by atoms with Crippen molar-refractivity contribution in [2.75, 3.05) is 13.6 Å². The molecule has 288 valence electrons. The number of likely N-dealkylation sites (N-methyl/N-ethyl adjacent to an activating group) is 1. The van der Waals surface area contributed by atoms with E-state index in [1.54, 1.807) is 27.7 Å². The molecule has 3 rings (SSSR count). The summed E-state index contributed by atoms with van der Waals surface area (Å²) in [6.45, 7) is 13.1. The number of cyclic esters (lactones) is 1. The van der Waals surface area contributed by atoms with Crippen molar-refractivity contribution in [3.8, 4) is 0 Å². The smallest absolute Gasteiger partial charge is 0.311 e. The highest BCUT2D eigenvalue weighted by atomic mass is 35.5. The van der Waals surface area contributed by atoms with Crippen LogP contribution in [0.4, 0.5) is 4.39 Å². The van der Waals surface area contributed by atoms with Crippen LogP contribution in [0, 0.1) is 23.6 Å². The molecule has 2 fully saturated rings. The quantitative estimate of drug-likeness (QED) is 0.232. The summed E-state index contributed by atoms with van der Waals surface area (Å²) < 4.78 is 59.9. The Morgan fingerprint density at radius 2 is 1.72 bits per heavy atom. The van der Waals surface area contributed by atoms with Crippen molar-refractivity contribution in [3.63, 3.8) is 0 Å². The number of carbonyl (C=O) groups is 1. The van der Waals surface area contributed by atoms with Crippen LogP contribution in [0.3, 0.4) is 0 Å². The molecule has 2 saturated heterocycles. The van der Waals surface area contributed by atoms with Crippen LogP contribution in [0.25, 0.3) is 0 Å². The van der Waals surface area contributed by atoms with Gasteiger partial charge in [0, 0.05) is 19.0 Å². The lowest BCUT2D eigenvalue weighted by Crippen LogP contribution is -2.60. The molecule has 1 aromatic rings. The predicted molar refractivity (Wildman–Crippen MR) is 183 cm³/mol. The molecular weight excluding hydrogens is 699 g/mol. The number of rotatable bonds is 6. The first-order valence-corrected chi connectivity index (χ1v) is 19.0. The van der Waals surface area contributed by atoms with Gasteiger partial charge in [0.2, 0.25) is 10.0 Å². The first-order chi connectivity index (χ1) is 23.0. The third-order valence-corrected chi connectivity index (χ3v) is 12.5. The average Bonchev–Trinajstić information content (AvgIpc) is 3.04. The van der Waals surface area contributed by atoms with Crippen molar-refractivity contribution in [1.82, 2.24) is 9.62 Å². The predicted octanol–water partition coefficient (Wildman–Crippen LogP) is 2.18. The lowest BCUT2D eigenvalue weighted by Gasteiger charge is -2.46. The Kier molecular flexibility index (Phi) is 14.3. The highest BCUT2D eigenvalue weighted by Crippen LogP contribution is 2.37. The Morgan fingerprint density at radius 3 is 2.30 bits per heavy atom. The van der Waals surface area contributed by atoms with Crippen LogP contribution in [0.2, 0.25) is 5.02 Å². The molecule has 50 heavy (non-hydrogen) atoms. The van der Waals surface area contributed by atoms with Crippen molar-refractivity contribution >= 4 is 27.6 Å². The first-order valence-electron chi connectivity index (χ1n) is 17.1. The molecule has 0 bridgehead atoms. The number of carbonyl (C=O) groups excluding carboxylic acids is 1. The van der Waals surface area contributed by atoms with Crippen LogP contribution in [0.15, 0.2) is 23.1 Å². The lowest BCUT2D eigenvalue weighted by atomic mass is 9.78. The largest absolute Gasteiger partial charge is 0.459 e. The summed E-state index contributed by atoms with van der Waals surface area (Å²) in [7, 11) is -3.02. The fourth-order valence-electron chi connectivity index (χ4n) is 7.19. The van der Waals surface area contributed by atoms with Crippen LogP contribution in [-0.4, -0.2) is 124 Å². The fraction of sp³-hybridized carbons (Fsp3) is 0.794. The Bertz CT molecular complexity index is 1420. The van der Waals surface area contributed by atoms with E-state index in [2.05, 4.69) is 5.32 Å². The number of halogens is 2. The number of nitrogens with one attached hydrogen (secondary N) is 1. The van der Waals surface area contributed by atoms with E-state index in [1.165, 1.54) is 27.8 Å². The van der Waals surface area contributed by atoms with E-state index in [-0.39, 0.29) is 35.1 Å². The minimum atomic E-state index is -4.29. The number of sulfonamides is 1. The minimum absolute atomic E-state index is 0.0584. The molecule has 14 atom stereocenters. The second-order valence-corrected chi connectivity index (χ2v) is 17.2. The number of hydrogen-bond acceptors (Lipinski definition) is 12. The number of nitrogens with zero attached hydrogens (tertiary/aromatic N) is 1. The zero-order chi connectivity index (χ0) is 38.1. The van der Waals surface area contributed by atoms with Crippen molar-refractivity contribution in [2.24, 2.45) is 17.8 Å². The van der Waals surface area contributed by atoms with Crippen molar-refractivity contribution in [3.05, 3.63) is 29.0 Å². The summed E-state index contributed by atoms with van der Waals surface area (Å²) in [4.78, 5) is 13.1. The first kappa shape index (κ1) is 42.9. The summed E-state index contributed by atoms with van der Waals surface area (Å²) in [5, 5.41) is 60.3. The van der Waals surface area contributed by atoms with Crippen LogP contribution < -0.4 is 5.32 Å². The maximum atomic E-state index is 13.8. The molecule has 6 N–H and O–H groups in total. The van der Waals surface area contributed by atoms with Gasteiger partial charge in [0.05, 0.1) is 45.8 Å². The average molecular weight is 755 g/mol. The summed E-state index contributed by atoms with van der Waals surface area (Å²) in [6, 6.07) is 1.25. The van der Waals surface area contributed by atoms with Gasteiger partial charge in [0.15, 0.2) is 6.29 Å². The van der Waals surface area contributed by atoms with Gasteiger partial charge in [0.1, 0.15) is 29.7 Å². The van der Waals surface area contributed by atoms with Gasteiger partial charge in [-0.05, 0) is 84.5 Å². The molecule has 2 aliphatic rings. The molecule has 2 aliphatic heterocycles. The Labute approximate surface area is 300 Å². The summed E-state index contributed by atoms with van der Waals surface area (Å²) >= 11 is 5.86. The summed E-state index contributed by atoms with van der Waals surface area (Å²) in [6.07, 6.45) is -8.60. The van der Waals surface area contributed by atoms with E-state index in [0.29, 0.717) is 6.54 Å². The molecule has 0 radical (unpaired) electrons. The van der Waals surface area contributed by atoms with Crippen LogP contribution in [-0.2, 0) is 29.0 Å². The van der Waals surface area contributed by atoms with Crippen LogP contribution >= 0.6 is 11.6 Å². The van der Waals surface area contributed by atoms with Crippen LogP contribution in [0.1, 0.15) is 74.7 Å². The molecule has 0 aromatic heterocycles. The minimum Gasteiger partial charge on any atom is -0.459 e. The Morgan fingerprint density at radius 1 is 1.10 bits per heavy atom. The molecule has 2 heterocycles. The second-order valence-electron chi connectivity index (χ2n) is 14.8. The maximum absolute atomic E-state index is 13.8. The number of ether oxygens (including phenoxy) is 3. The van der Waals surface area contributed by atoms with Gasteiger partial charge in [-0.25, -0.2) is 12.8 Å². The van der Waals surface area contributed by atoms with Crippen molar-refractivity contribution in [2.45, 2.75) is 146 Å². The molecule has 0 spiro atoms. The third-order valence-electron chi connectivity index (χ3n) is 10.3. The molecule has 1 aromatic carbocycles. The Balaban J connectivity index is 1.99. The van der Waals surface area contributed by atoms with E-state index in [1.807, 2.05) is 6.92 Å². The SMILES string of the molecule is CC[C@H]1OC(=O)[C@H](C)[C@@H](O)[C@H](C)[C@@H](O[C@@H]2O[C@H](C)C[C@H](N(C)S(=O)(=O)c3ccc(F)c(Cl)c3)[C@H]2O)[C@](C)(O)C[C@@H](C)CN[C@H](C)[C@@H](O)[C@]1(C)O. The number of aliphatic hydroxyl groups is 5. The molecule has 0 aliphatic carbocycles. The van der Waals surface area contributed by atoms with Gasteiger partial charge in [-0.3, -0.25) is 4.79 Å². The van der Waals surface area contributed by atoms with E-state index in [0.717, 1.165) is 22.5 Å². The molecule has 13 nitrogen and oxygen atoms in total. The molecule has 0 unspecified atom stereocenters. The van der Waals surface area contributed by atoms with E-state index in [9.17, 15) is 43.1 Å². The molecule has 0 amide bonds. The monoisotopic (exact) mass is 754 g/mol. The molecule has 0 saturated carbocycles. The maximum Gasteiger partial charge on any atom is 0.311 e. The highest BCUT2D eigenvalue weighted by molar-refractivity contribution is 7.89. The van der Waals surface area contributed by atoms with Gasteiger partial charge < -0.3 is 45.1 Å². The van der Waals surface area contributed by atoms with Gasteiger partial charge >= 0.3 is 5.97 Å². The van der Waals surface area contributed by atoms with Gasteiger partial charge in [-0.15, -0.1) is 0 Å². The number of aliphatic hydroxyl groups excluding tert-OH is 3. The standard InChI is InChI=1S/C34H56ClFN2O11S/c1-10-26-34(8,44)29(41)21(6)37-16-17(2)15-33(7,43)30(19(4)27(39)20(5)31(42)48-26)49-32-28(40)25(13-18(3)47-32)38(9)50(45,46)22-11-12-24(36)23(35)14-22/h11-12,14,17-21,25-30,32,37,39-41,43-44H,10,13,15-16H2,1-9H3/t17-,18-,19+,20-,21-,25+,26-,27+,28-,29-,30-,32+,33-,34-/m1/s1. The van der Waals surface area contributed by atoms with Gasteiger partial charge in [-0.1, -0.05) is 32.4 Å². The summed E-state index contributed by atoms with van der Waals surface area (Å²) in [5.41, 5.74) is -3.55. The molecule has 16 heteroatoms. The summed E-state index contributed by atoms with van der Waals surface area (Å²) in [5.74, 6) is -4.07. The van der Waals surface area contributed by atoms with E-state index in [4.69, 9.17) is 25.8 Å². The third kappa shape index (κ3) is 9.34. The van der Waals surface area contributed by atoms with Gasteiger partial charge in [-0.2, -0.15) is 4.31 Å². The fourth-order valence-corrected chi connectivity index (χ4v) is 8.84. The number of benzene rings is 1. The Hall–Kier alpha value is -1.50.